The van der Waals surface area contributed by atoms with Gasteiger partial charge in [-0.1, -0.05) is 13.8 Å². The highest BCUT2D eigenvalue weighted by Crippen LogP contribution is 2.16. The third-order valence-electron chi connectivity index (χ3n) is 3.28. The number of carbonyl (C=O) groups excluding carboxylic acids is 1. The van der Waals surface area contributed by atoms with Crippen molar-refractivity contribution < 1.29 is 14.7 Å². The molecule has 0 aromatic carbocycles. The average molecular weight is 261 g/mol. The van der Waals surface area contributed by atoms with Crippen molar-refractivity contribution in [2.24, 2.45) is 11.8 Å². The second kappa shape index (κ2) is 7.58. The molecule has 0 saturated heterocycles. The van der Waals surface area contributed by atoms with Crippen LogP contribution in [0.25, 0.3) is 0 Å². The molecule has 0 radical (unpaired) electrons. The first-order valence-corrected chi connectivity index (χ1v) is 7.20. The van der Waals surface area contributed by atoms with E-state index < -0.39 is 17.8 Å². The first kappa shape index (κ1) is 16.3. The van der Waals surface area contributed by atoms with Crippen molar-refractivity contribution >= 4 is 23.6 Å². The van der Waals surface area contributed by atoms with Crippen LogP contribution < -0.4 is 0 Å². The lowest BCUT2D eigenvalue weighted by atomic mass is 9.94. The molecule has 0 aliphatic heterocycles. The van der Waals surface area contributed by atoms with Crippen LogP contribution in [-0.4, -0.2) is 47.0 Å². The number of hydrogen-bond donors (Lipinski definition) is 1. The molecular weight excluding hydrogens is 238 g/mol. The highest BCUT2D eigenvalue weighted by atomic mass is 32.2. The van der Waals surface area contributed by atoms with Gasteiger partial charge >= 0.3 is 5.97 Å². The van der Waals surface area contributed by atoms with Gasteiger partial charge < -0.3 is 10.0 Å². The first-order valence-electron chi connectivity index (χ1n) is 5.81. The number of hydrogen-bond acceptors (Lipinski definition) is 3. The normalized spacial score (nSPS) is 16.1. The summed E-state index contributed by atoms with van der Waals surface area (Å²) in [7, 11) is 1.75. The van der Waals surface area contributed by atoms with Crippen LogP contribution in [0.5, 0.6) is 0 Å². The molecule has 1 amide bonds. The standard InChI is InChI=1S/C12H23NO3S/c1-8(6-7-17-5)13(4)11(14)9(2)10(3)12(15)16/h8-10H,6-7H2,1-5H3,(H,15,16). The largest absolute Gasteiger partial charge is 0.481 e. The second-order valence-corrected chi connectivity index (χ2v) is 5.48. The van der Waals surface area contributed by atoms with Crippen LogP contribution in [0.4, 0.5) is 0 Å². The Kier molecular flexibility index (Phi) is 7.27. The smallest absolute Gasteiger partial charge is 0.307 e. The van der Waals surface area contributed by atoms with Crippen LogP contribution in [0.1, 0.15) is 27.2 Å². The topological polar surface area (TPSA) is 57.6 Å². The molecule has 5 heteroatoms. The molecule has 0 aliphatic carbocycles. The Morgan fingerprint density at radius 2 is 1.76 bits per heavy atom. The van der Waals surface area contributed by atoms with E-state index in [1.165, 1.54) is 0 Å². The number of thioether (sulfide) groups is 1. The number of nitrogens with zero attached hydrogens (tertiary/aromatic N) is 1. The molecule has 0 heterocycles. The lowest BCUT2D eigenvalue weighted by Crippen LogP contribution is -2.41. The van der Waals surface area contributed by atoms with E-state index in [0.717, 1.165) is 12.2 Å². The average Bonchev–Trinajstić information content (AvgIpc) is 2.31. The molecule has 4 nitrogen and oxygen atoms in total. The van der Waals surface area contributed by atoms with Crippen LogP contribution in [0.15, 0.2) is 0 Å². The Morgan fingerprint density at radius 1 is 1.24 bits per heavy atom. The molecule has 0 aromatic rings. The molecular formula is C12H23NO3S. The summed E-state index contributed by atoms with van der Waals surface area (Å²) in [5.74, 6) is -1.13. The first-order chi connectivity index (χ1) is 7.82. The van der Waals surface area contributed by atoms with E-state index in [0.29, 0.717) is 0 Å². The Morgan fingerprint density at radius 3 is 2.18 bits per heavy atom. The van der Waals surface area contributed by atoms with Crippen molar-refractivity contribution in [1.82, 2.24) is 4.90 Å². The highest BCUT2D eigenvalue weighted by Gasteiger charge is 2.29. The monoisotopic (exact) mass is 261 g/mol. The third-order valence-corrected chi connectivity index (χ3v) is 3.92. The predicted octanol–water partition coefficient (Wildman–Crippen LogP) is 1.94. The van der Waals surface area contributed by atoms with Gasteiger partial charge in [-0.05, 0) is 25.4 Å². The fraction of sp³-hybridized carbons (Fsp3) is 0.833. The van der Waals surface area contributed by atoms with Gasteiger partial charge in [-0.3, -0.25) is 9.59 Å². The molecule has 1 N–H and O–H groups in total. The van der Waals surface area contributed by atoms with E-state index in [4.69, 9.17) is 5.11 Å². The van der Waals surface area contributed by atoms with Gasteiger partial charge in [0, 0.05) is 19.0 Å². The van der Waals surface area contributed by atoms with E-state index in [2.05, 4.69) is 0 Å². The van der Waals surface area contributed by atoms with Gasteiger partial charge in [0.2, 0.25) is 5.91 Å². The van der Waals surface area contributed by atoms with Crippen LogP contribution in [0.3, 0.4) is 0 Å². The zero-order valence-corrected chi connectivity index (χ0v) is 12.1. The van der Waals surface area contributed by atoms with Crippen molar-refractivity contribution in [3.05, 3.63) is 0 Å². The maximum atomic E-state index is 12.0. The van der Waals surface area contributed by atoms with Crippen LogP contribution in [0.2, 0.25) is 0 Å². The van der Waals surface area contributed by atoms with Crippen LogP contribution in [-0.2, 0) is 9.59 Å². The number of aliphatic carboxylic acids is 1. The molecule has 100 valence electrons. The minimum atomic E-state index is -0.920. The zero-order chi connectivity index (χ0) is 13.6. The van der Waals surface area contributed by atoms with Gasteiger partial charge in [-0.25, -0.2) is 0 Å². The third kappa shape index (κ3) is 4.98. The Labute approximate surface area is 108 Å². The van der Waals surface area contributed by atoms with E-state index in [9.17, 15) is 9.59 Å². The molecule has 0 fully saturated rings. The van der Waals surface area contributed by atoms with E-state index in [1.54, 1.807) is 37.6 Å². The summed E-state index contributed by atoms with van der Waals surface area (Å²) in [6.45, 7) is 5.25. The number of carboxylic acid groups (broad SMARTS) is 1. The van der Waals surface area contributed by atoms with Gasteiger partial charge in [0.1, 0.15) is 0 Å². The van der Waals surface area contributed by atoms with Crippen molar-refractivity contribution in [3.63, 3.8) is 0 Å². The Balaban J connectivity index is 4.42. The summed E-state index contributed by atoms with van der Waals surface area (Å²) in [5, 5.41) is 8.89. The fourth-order valence-electron chi connectivity index (χ4n) is 1.45. The summed E-state index contributed by atoms with van der Waals surface area (Å²) in [6, 6.07) is 0.151. The maximum Gasteiger partial charge on any atom is 0.307 e. The molecule has 0 rings (SSSR count). The summed E-state index contributed by atoms with van der Waals surface area (Å²) in [6.07, 6.45) is 2.96. The van der Waals surface area contributed by atoms with Gasteiger partial charge in [-0.2, -0.15) is 11.8 Å². The van der Waals surface area contributed by atoms with Gasteiger partial charge in [0.25, 0.3) is 0 Å². The number of carbonyl (C=O) groups is 2. The maximum absolute atomic E-state index is 12.0. The van der Waals surface area contributed by atoms with E-state index in [-0.39, 0.29) is 11.9 Å². The van der Waals surface area contributed by atoms with Crippen molar-refractivity contribution in [1.29, 1.82) is 0 Å². The molecule has 0 aromatic heterocycles. The van der Waals surface area contributed by atoms with Crippen LogP contribution in [0, 0.1) is 11.8 Å². The summed E-state index contributed by atoms with van der Waals surface area (Å²) >= 11 is 1.75. The minimum Gasteiger partial charge on any atom is -0.481 e. The summed E-state index contributed by atoms with van der Waals surface area (Å²) in [5.41, 5.74) is 0. The number of rotatable bonds is 7. The summed E-state index contributed by atoms with van der Waals surface area (Å²) < 4.78 is 0. The van der Waals surface area contributed by atoms with Crippen LogP contribution >= 0.6 is 11.8 Å². The molecule has 3 unspecified atom stereocenters. The molecule has 3 atom stereocenters. The SMILES string of the molecule is CSCCC(C)N(C)C(=O)C(C)C(C)C(=O)O. The van der Waals surface area contributed by atoms with Gasteiger partial charge in [0.05, 0.1) is 5.92 Å². The minimum absolute atomic E-state index is 0.0893. The number of carboxylic acids is 1. The fourth-order valence-corrected chi connectivity index (χ4v) is 2.03. The number of amides is 1. The molecule has 0 aliphatic rings. The van der Waals surface area contributed by atoms with Gasteiger partial charge in [0.15, 0.2) is 0 Å². The second-order valence-electron chi connectivity index (χ2n) is 4.50. The lowest BCUT2D eigenvalue weighted by Gasteiger charge is -2.28. The predicted molar refractivity (Wildman–Crippen MR) is 71.2 cm³/mol. The Bertz CT molecular complexity index is 270. The van der Waals surface area contributed by atoms with Crippen molar-refractivity contribution in [2.45, 2.75) is 33.2 Å². The molecule has 17 heavy (non-hydrogen) atoms. The molecule has 0 spiro atoms. The van der Waals surface area contributed by atoms with Crippen molar-refractivity contribution in [2.75, 3.05) is 19.1 Å². The quantitative estimate of drug-likeness (QED) is 0.761. The van der Waals surface area contributed by atoms with E-state index in [1.807, 2.05) is 13.2 Å². The Hall–Kier alpha value is -0.710. The molecule has 0 saturated carbocycles. The van der Waals surface area contributed by atoms with Gasteiger partial charge in [-0.15, -0.1) is 0 Å². The lowest BCUT2D eigenvalue weighted by molar-refractivity contribution is -0.149. The molecule has 0 bridgehead atoms. The van der Waals surface area contributed by atoms with E-state index >= 15 is 0 Å². The zero-order valence-electron chi connectivity index (χ0n) is 11.3. The summed E-state index contributed by atoms with van der Waals surface area (Å²) in [4.78, 5) is 24.6. The van der Waals surface area contributed by atoms with Crippen molar-refractivity contribution in [3.8, 4) is 0 Å². The highest BCUT2D eigenvalue weighted by molar-refractivity contribution is 7.98.